The van der Waals surface area contributed by atoms with Crippen LogP contribution in [0.2, 0.25) is 0 Å². The van der Waals surface area contributed by atoms with Gasteiger partial charge in [-0.3, -0.25) is 4.79 Å². The maximum Gasteiger partial charge on any atom is 0.573 e. The van der Waals surface area contributed by atoms with Gasteiger partial charge in [-0.05, 0) is 24.1 Å². The number of halogens is 3. The lowest BCUT2D eigenvalue weighted by Crippen LogP contribution is -2.17. The minimum atomic E-state index is -4.72. The highest BCUT2D eigenvalue weighted by molar-refractivity contribution is 5.84. The van der Waals surface area contributed by atoms with Gasteiger partial charge in [-0.1, -0.05) is 19.1 Å². The molecule has 0 N–H and O–H groups in total. The number of benzene rings is 1. The topological polar surface area (TPSA) is 35.5 Å². The molecule has 0 aliphatic heterocycles. The van der Waals surface area contributed by atoms with Gasteiger partial charge in [-0.2, -0.15) is 0 Å². The Balaban J connectivity index is 2.81. The smallest absolute Gasteiger partial charge is 0.406 e. The number of hydrogen-bond donors (Lipinski definition) is 0. The van der Waals surface area contributed by atoms with Crippen molar-refractivity contribution in [3.8, 4) is 5.75 Å². The highest BCUT2D eigenvalue weighted by Gasteiger charge is 2.31. The third kappa shape index (κ3) is 4.90. The molecule has 1 atom stereocenters. The van der Waals surface area contributed by atoms with Crippen molar-refractivity contribution >= 4 is 5.78 Å². The van der Waals surface area contributed by atoms with Crippen molar-refractivity contribution in [2.45, 2.75) is 32.2 Å². The SMILES string of the molecule is CCCC(=O)C(OC)c1ccc(OC(F)(F)F)cc1. The van der Waals surface area contributed by atoms with Crippen LogP contribution >= 0.6 is 0 Å². The van der Waals surface area contributed by atoms with Crippen LogP contribution in [0.3, 0.4) is 0 Å². The first-order valence-corrected chi connectivity index (χ1v) is 5.78. The third-order valence-corrected chi connectivity index (χ3v) is 2.44. The molecule has 19 heavy (non-hydrogen) atoms. The predicted molar refractivity (Wildman–Crippen MR) is 62.8 cm³/mol. The second-order valence-corrected chi connectivity index (χ2v) is 3.95. The molecule has 0 fully saturated rings. The monoisotopic (exact) mass is 276 g/mol. The molecule has 0 saturated heterocycles. The van der Waals surface area contributed by atoms with E-state index in [4.69, 9.17) is 4.74 Å². The van der Waals surface area contributed by atoms with Crippen LogP contribution in [0.4, 0.5) is 13.2 Å². The maximum atomic E-state index is 12.0. The molecule has 0 bridgehead atoms. The first-order valence-electron chi connectivity index (χ1n) is 5.78. The average Bonchev–Trinajstić information content (AvgIpc) is 2.30. The summed E-state index contributed by atoms with van der Waals surface area (Å²) in [5, 5.41) is 0. The van der Waals surface area contributed by atoms with E-state index < -0.39 is 12.5 Å². The quantitative estimate of drug-likeness (QED) is 0.795. The van der Waals surface area contributed by atoms with Gasteiger partial charge in [0.05, 0.1) is 0 Å². The van der Waals surface area contributed by atoms with Crippen LogP contribution < -0.4 is 4.74 Å². The molecule has 6 heteroatoms. The van der Waals surface area contributed by atoms with Crippen LogP contribution in [0.1, 0.15) is 31.4 Å². The number of carbonyl (C=O) groups excluding carboxylic acids is 1. The van der Waals surface area contributed by atoms with Crippen molar-refractivity contribution in [1.29, 1.82) is 0 Å². The second-order valence-electron chi connectivity index (χ2n) is 3.95. The lowest BCUT2D eigenvalue weighted by molar-refractivity contribution is -0.274. The first kappa shape index (κ1) is 15.5. The number of methoxy groups -OCH3 is 1. The van der Waals surface area contributed by atoms with E-state index in [9.17, 15) is 18.0 Å². The van der Waals surface area contributed by atoms with Gasteiger partial charge in [0.1, 0.15) is 11.9 Å². The Morgan fingerprint density at radius 1 is 1.26 bits per heavy atom. The normalized spacial score (nSPS) is 13.1. The number of carbonyl (C=O) groups is 1. The summed E-state index contributed by atoms with van der Waals surface area (Å²) in [6.45, 7) is 1.87. The summed E-state index contributed by atoms with van der Waals surface area (Å²) >= 11 is 0. The fourth-order valence-corrected chi connectivity index (χ4v) is 1.68. The summed E-state index contributed by atoms with van der Waals surface area (Å²) in [6.07, 6.45) is -4.42. The van der Waals surface area contributed by atoms with Crippen LogP contribution in [0.5, 0.6) is 5.75 Å². The van der Waals surface area contributed by atoms with Gasteiger partial charge in [-0.15, -0.1) is 13.2 Å². The Morgan fingerprint density at radius 2 is 1.84 bits per heavy atom. The van der Waals surface area contributed by atoms with E-state index in [1.165, 1.54) is 19.2 Å². The van der Waals surface area contributed by atoms with Crippen molar-refractivity contribution in [1.82, 2.24) is 0 Å². The van der Waals surface area contributed by atoms with Gasteiger partial charge in [0.15, 0.2) is 5.78 Å². The molecule has 1 aromatic carbocycles. The number of Topliss-reactive ketones (excluding diaryl/α,β-unsaturated/α-hetero) is 1. The van der Waals surface area contributed by atoms with Crippen LogP contribution in [-0.4, -0.2) is 19.3 Å². The van der Waals surface area contributed by atoms with Crippen LogP contribution in [0, 0.1) is 0 Å². The highest BCUT2D eigenvalue weighted by atomic mass is 19.4. The molecule has 0 aliphatic carbocycles. The summed E-state index contributed by atoms with van der Waals surface area (Å²) in [5.41, 5.74) is 0.510. The average molecular weight is 276 g/mol. The minimum absolute atomic E-state index is 0.102. The van der Waals surface area contributed by atoms with Gasteiger partial charge in [0.2, 0.25) is 0 Å². The molecule has 1 aromatic rings. The Labute approximate surface area is 109 Å². The maximum absolute atomic E-state index is 12.0. The zero-order valence-electron chi connectivity index (χ0n) is 10.7. The van der Waals surface area contributed by atoms with Gasteiger partial charge < -0.3 is 9.47 Å². The predicted octanol–water partition coefficient (Wildman–Crippen LogP) is 3.64. The molecule has 0 saturated carbocycles. The van der Waals surface area contributed by atoms with Crippen LogP contribution in [0.15, 0.2) is 24.3 Å². The molecular weight excluding hydrogens is 261 g/mol. The fourth-order valence-electron chi connectivity index (χ4n) is 1.68. The van der Waals surface area contributed by atoms with E-state index >= 15 is 0 Å². The van der Waals surface area contributed by atoms with Crippen LogP contribution in [-0.2, 0) is 9.53 Å². The highest BCUT2D eigenvalue weighted by Crippen LogP contribution is 2.26. The summed E-state index contributed by atoms with van der Waals surface area (Å²) in [6, 6.07) is 5.10. The van der Waals surface area contributed by atoms with Crippen LogP contribution in [0.25, 0.3) is 0 Å². The Hall–Kier alpha value is -1.56. The van der Waals surface area contributed by atoms with E-state index in [0.29, 0.717) is 18.4 Å². The molecule has 106 valence electrons. The summed E-state index contributed by atoms with van der Waals surface area (Å²) in [4.78, 5) is 11.8. The molecular formula is C13H15F3O3. The third-order valence-electron chi connectivity index (χ3n) is 2.44. The second kappa shape index (κ2) is 6.56. The molecule has 0 amide bonds. The number of ether oxygens (including phenoxy) is 2. The first-order chi connectivity index (χ1) is 8.87. The Morgan fingerprint density at radius 3 is 2.26 bits per heavy atom. The van der Waals surface area contributed by atoms with Crippen molar-refractivity contribution in [3.63, 3.8) is 0 Å². The van der Waals surface area contributed by atoms with E-state index in [1.54, 1.807) is 0 Å². The zero-order valence-corrected chi connectivity index (χ0v) is 10.7. The molecule has 0 aromatic heterocycles. The van der Waals surface area contributed by atoms with Gasteiger partial charge in [0.25, 0.3) is 0 Å². The number of rotatable bonds is 6. The Kier molecular flexibility index (Phi) is 5.35. The number of hydrogen-bond acceptors (Lipinski definition) is 3. The van der Waals surface area contributed by atoms with E-state index in [1.807, 2.05) is 6.92 Å². The molecule has 1 unspecified atom stereocenters. The molecule has 0 heterocycles. The van der Waals surface area contributed by atoms with Crippen molar-refractivity contribution in [2.24, 2.45) is 0 Å². The van der Waals surface area contributed by atoms with E-state index in [0.717, 1.165) is 12.1 Å². The largest absolute Gasteiger partial charge is 0.573 e. The van der Waals surface area contributed by atoms with Gasteiger partial charge in [-0.25, -0.2) is 0 Å². The standard InChI is InChI=1S/C13H15F3O3/c1-3-4-11(17)12(18-2)9-5-7-10(8-6-9)19-13(14,15)16/h5-8,12H,3-4H2,1-2H3. The fraction of sp³-hybridized carbons (Fsp3) is 0.462. The summed E-state index contributed by atoms with van der Waals surface area (Å²) in [7, 11) is 1.39. The van der Waals surface area contributed by atoms with Gasteiger partial charge in [0, 0.05) is 13.5 Å². The molecule has 0 spiro atoms. The lowest BCUT2D eigenvalue weighted by Gasteiger charge is -2.15. The summed E-state index contributed by atoms with van der Waals surface area (Å²) < 4.78 is 44.8. The van der Waals surface area contributed by atoms with Gasteiger partial charge >= 0.3 is 6.36 Å². The minimum Gasteiger partial charge on any atom is -0.406 e. The molecule has 0 aliphatic rings. The molecule has 0 radical (unpaired) electrons. The van der Waals surface area contributed by atoms with E-state index in [2.05, 4.69) is 4.74 Å². The van der Waals surface area contributed by atoms with Crippen molar-refractivity contribution < 1.29 is 27.4 Å². The lowest BCUT2D eigenvalue weighted by atomic mass is 10.0. The Bertz CT molecular complexity index is 412. The molecule has 3 nitrogen and oxygen atoms in total. The number of ketones is 1. The zero-order chi connectivity index (χ0) is 14.5. The van der Waals surface area contributed by atoms with Crippen molar-refractivity contribution in [2.75, 3.05) is 7.11 Å². The summed E-state index contributed by atoms with van der Waals surface area (Å²) in [5.74, 6) is -0.427. The van der Waals surface area contributed by atoms with Crippen molar-refractivity contribution in [3.05, 3.63) is 29.8 Å². The van der Waals surface area contributed by atoms with E-state index in [-0.39, 0.29) is 11.5 Å². The number of alkyl halides is 3. The molecule has 1 rings (SSSR count).